The number of carboxylic acid groups (broad SMARTS) is 1. The van der Waals surface area contributed by atoms with Gasteiger partial charge >= 0.3 is 87.0 Å². The zero-order valence-corrected chi connectivity index (χ0v) is 9.35. The van der Waals surface area contributed by atoms with Gasteiger partial charge in [-0.1, -0.05) is 0 Å². The van der Waals surface area contributed by atoms with Crippen molar-refractivity contribution in [3.8, 4) is 0 Å². The SMILES string of the molecule is C[Se]C[C@H](NC(=O)C(O)CO)C(=O)O. The molecule has 7 heteroatoms. The van der Waals surface area contributed by atoms with Crippen LogP contribution in [0.5, 0.6) is 0 Å². The molecule has 6 nitrogen and oxygen atoms in total. The molecule has 0 saturated heterocycles. The minimum absolute atomic E-state index is 0.112. The van der Waals surface area contributed by atoms with Crippen molar-refractivity contribution < 1.29 is 24.9 Å². The molecule has 0 aliphatic heterocycles. The molecule has 0 saturated carbocycles. The first-order valence-electron chi connectivity index (χ1n) is 3.84. The first-order valence-corrected chi connectivity index (χ1v) is 6.76. The van der Waals surface area contributed by atoms with Gasteiger partial charge in [0.1, 0.15) is 0 Å². The van der Waals surface area contributed by atoms with Crippen LogP contribution in [0.25, 0.3) is 0 Å². The van der Waals surface area contributed by atoms with Gasteiger partial charge in [0.05, 0.1) is 0 Å². The molecule has 0 aromatic carbocycles. The topological polar surface area (TPSA) is 107 Å². The van der Waals surface area contributed by atoms with Crippen molar-refractivity contribution in [3.05, 3.63) is 0 Å². The molecular formula is C7H13NO5Se. The van der Waals surface area contributed by atoms with E-state index in [4.69, 9.17) is 15.3 Å². The van der Waals surface area contributed by atoms with Crippen LogP contribution >= 0.6 is 0 Å². The van der Waals surface area contributed by atoms with Crippen LogP contribution in [-0.4, -0.2) is 60.9 Å². The summed E-state index contributed by atoms with van der Waals surface area (Å²) in [5.41, 5.74) is 0. The standard InChI is InChI=1S/C7H13NO5Se/c1-14-3-4(7(12)13)8-6(11)5(10)2-9/h4-5,9-10H,2-3H2,1H3,(H,8,11)(H,12,13)/t4-,5?/m0/s1. The maximum atomic E-state index is 11.0. The number of aliphatic carboxylic acids is 1. The monoisotopic (exact) mass is 271 g/mol. The van der Waals surface area contributed by atoms with E-state index >= 15 is 0 Å². The first-order chi connectivity index (χ1) is 6.52. The summed E-state index contributed by atoms with van der Waals surface area (Å²) >= 11 is 0.112. The van der Waals surface area contributed by atoms with Crippen molar-refractivity contribution in [1.29, 1.82) is 0 Å². The van der Waals surface area contributed by atoms with E-state index in [2.05, 4.69) is 5.32 Å². The number of aliphatic hydroxyl groups is 2. The molecule has 0 heterocycles. The molecule has 0 rings (SSSR count). The van der Waals surface area contributed by atoms with Crippen LogP contribution in [0, 0.1) is 0 Å². The predicted octanol–water partition coefficient (Wildman–Crippen LogP) is -1.92. The Kier molecular flexibility index (Phi) is 6.48. The van der Waals surface area contributed by atoms with Crippen molar-refractivity contribution >= 4 is 26.8 Å². The number of nitrogens with one attached hydrogen (secondary N) is 1. The number of carbonyl (C=O) groups excluding carboxylic acids is 1. The molecule has 82 valence electrons. The first kappa shape index (κ1) is 13.4. The van der Waals surface area contributed by atoms with Crippen molar-refractivity contribution in [2.75, 3.05) is 6.61 Å². The average molecular weight is 270 g/mol. The van der Waals surface area contributed by atoms with Crippen LogP contribution in [0.15, 0.2) is 0 Å². The summed E-state index contributed by atoms with van der Waals surface area (Å²) in [4.78, 5) is 21.6. The number of aliphatic hydroxyl groups excluding tert-OH is 2. The number of rotatable bonds is 6. The normalized spacial score (nSPS) is 14.5. The Morgan fingerprint density at radius 3 is 2.43 bits per heavy atom. The van der Waals surface area contributed by atoms with Gasteiger partial charge in [-0.25, -0.2) is 0 Å². The zero-order chi connectivity index (χ0) is 11.1. The van der Waals surface area contributed by atoms with Crippen molar-refractivity contribution in [2.24, 2.45) is 0 Å². The Morgan fingerprint density at radius 1 is 1.50 bits per heavy atom. The zero-order valence-electron chi connectivity index (χ0n) is 7.64. The Morgan fingerprint density at radius 2 is 2.07 bits per heavy atom. The van der Waals surface area contributed by atoms with Gasteiger partial charge in [-0.05, 0) is 0 Å². The van der Waals surface area contributed by atoms with Gasteiger partial charge in [0.2, 0.25) is 0 Å². The number of carboxylic acids is 1. The molecule has 2 atom stereocenters. The van der Waals surface area contributed by atoms with Gasteiger partial charge < -0.3 is 0 Å². The van der Waals surface area contributed by atoms with Gasteiger partial charge in [0, 0.05) is 0 Å². The van der Waals surface area contributed by atoms with Gasteiger partial charge in [0.15, 0.2) is 0 Å². The van der Waals surface area contributed by atoms with Crippen LogP contribution < -0.4 is 5.32 Å². The second-order valence-corrected chi connectivity index (χ2v) is 4.46. The minimum atomic E-state index is -1.55. The summed E-state index contributed by atoms with van der Waals surface area (Å²) in [6.45, 7) is -0.713. The number of hydrogen-bond donors (Lipinski definition) is 4. The van der Waals surface area contributed by atoms with E-state index in [9.17, 15) is 9.59 Å². The van der Waals surface area contributed by atoms with Crippen molar-refractivity contribution in [1.82, 2.24) is 5.32 Å². The van der Waals surface area contributed by atoms with Gasteiger partial charge in [0.25, 0.3) is 0 Å². The van der Waals surface area contributed by atoms with E-state index in [-0.39, 0.29) is 15.0 Å². The molecule has 4 N–H and O–H groups in total. The third-order valence-corrected chi connectivity index (χ3v) is 2.82. The van der Waals surface area contributed by atoms with E-state index in [0.717, 1.165) is 0 Å². The Hall–Kier alpha value is -0.621. The van der Waals surface area contributed by atoms with Crippen LogP contribution in [0.4, 0.5) is 0 Å². The fourth-order valence-electron chi connectivity index (χ4n) is 0.692. The molecule has 0 aliphatic carbocycles. The van der Waals surface area contributed by atoms with Crippen LogP contribution in [0.3, 0.4) is 0 Å². The predicted molar refractivity (Wildman–Crippen MR) is 49.1 cm³/mol. The van der Waals surface area contributed by atoms with Crippen LogP contribution in [0.1, 0.15) is 0 Å². The van der Waals surface area contributed by atoms with Crippen molar-refractivity contribution in [3.63, 3.8) is 0 Å². The molecule has 0 aromatic heterocycles. The number of hydrogen-bond acceptors (Lipinski definition) is 4. The van der Waals surface area contributed by atoms with E-state index < -0.39 is 30.6 Å². The second kappa shape index (κ2) is 6.78. The third kappa shape index (κ3) is 4.57. The maximum absolute atomic E-state index is 11.0. The molecule has 0 spiro atoms. The van der Waals surface area contributed by atoms with Gasteiger partial charge in [-0.15, -0.1) is 0 Å². The Bertz CT molecular complexity index is 210. The van der Waals surface area contributed by atoms with E-state index in [0.29, 0.717) is 5.32 Å². The Balaban J connectivity index is 4.15. The van der Waals surface area contributed by atoms with Gasteiger partial charge in [-0.3, -0.25) is 0 Å². The molecule has 1 unspecified atom stereocenters. The van der Waals surface area contributed by atoms with E-state index in [1.807, 2.05) is 5.82 Å². The summed E-state index contributed by atoms with van der Waals surface area (Å²) in [6, 6.07) is -0.978. The summed E-state index contributed by atoms with van der Waals surface area (Å²) in [6.07, 6.45) is -1.55. The van der Waals surface area contributed by atoms with E-state index in [1.54, 1.807) is 0 Å². The summed E-state index contributed by atoms with van der Waals surface area (Å²) < 4.78 is 0. The average Bonchev–Trinajstić information content (AvgIpc) is 2.15. The third-order valence-electron chi connectivity index (χ3n) is 1.42. The summed E-state index contributed by atoms with van der Waals surface area (Å²) in [7, 11) is 0. The fraction of sp³-hybridized carbons (Fsp3) is 0.714. The molecule has 0 fully saturated rings. The fourth-order valence-corrected chi connectivity index (χ4v) is 1.87. The molecule has 0 bridgehead atoms. The molecule has 0 radical (unpaired) electrons. The number of amides is 1. The van der Waals surface area contributed by atoms with Gasteiger partial charge in [-0.2, -0.15) is 0 Å². The van der Waals surface area contributed by atoms with Crippen LogP contribution in [0.2, 0.25) is 11.1 Å². The number of carbonyl (C=O) groups is 2. The van der Waals surface area contributed by atoms with Crippen molar-refractivity contribution in [2.45, 2.75) is 23.3 Å². The molecule has 1 amide bonds. The summed E-state index contributed by atoms with van der Waals surface area (Å²) in [5.74, 6) is -0.145. The quantitative estimate of drug-likeness (QED) is 0.421. The summed E-state index contributed by atoms with van der Waals surface area (Å²) in [5, 5.41) is 28.5. The molecule has 14 heavy (non-hydrogen) atoms. The second-order valence-electron chi connectivity index (χ2n) is 2.55. The molecule has 0 aromatic rings. The Labute approximate surface area is 87.5 Å². The molecular weight excluding hydrogens is 257 g/mol. The molecule has 0 aliphatic rings. The van der Waals surface area contributed by atoms with E-state index in [1.165, 1.54) is 0 Å². The van der Waals surface area contributed by atoms with Crippen LogP contribution in [-0.2, 0) is 9.59 Å².